The number of amides is 2. The maximum atomic E-state index is 13.9. The lowest BCUT2D eigenvalue weighted by molar-refractivity contribution is -0.151. The van der Waals surface area contributed by atoms with Gasteiger partial charge in [-0.25, -0.2) is 8.78 Å². The summed E-state index contributed by atoms with van der Waals surface area (Å²) in [5.74, 6) is -1.20. The number of piperazine rings is 1. The lowest BCUT2D eigenvalue weighted by atomic mass is 9.89. The summed E-state index contributed by atoms with van der Waals surface area (Å²) < 4.78 is 27.0. The highest BCUT2D eigenvalue weighted by Crippen LogP contribution is 2.22. The molecule has 0 N–H and O–H groups in total. The lowest BCUT2D eigenvalue weighted by Crippen LogP contribution is -2.54. The molecule has 2 aliphatic rings. The number of halogens is 3. The number of imide groups is 1. The molecule has 0 unspecified atom stereocenters. The van der Waals surface area contributed by atoms with E-state index < -0.39 is 0 Å². The highest BCUT2D eigenvalue weighted by atomic mass is 35.5. The third-order valence-corrected chi connectivity index (χ3v) is 6.61. The van der Waals surface area contributed by atoms with Gasteiger partial charge >= 0.3 is 0 Å². The molecule has 2 heterocycles. The van der Waals surface area contributed by atoms with Gasteiger partial charge in [-0.05, 0) is 69.2 Å². The SMILES string of the molecule is Cl.O=C(c1ccc(F)cc1)C1CCN(CCCN2C(=O)CN(Cc3ccccc3F)CC2=O)CC1. The van der Waals surface area contributed by atoms with E-state index in [9.17, 15) is 23.2 Å². The standard InChI is InChI=1S/C26H29F2N3O3.ClH/c27-22-8-6-19(7-9-22)26(34)20-10-14-29(15-11-20)12-3-13-31-24(32)17-30(18-25(31)33)16-21-4-1-2-5-23(21)28;/h1-2,4-9,20H,3,10-18H2;1H. The zero-order chi connectivity index (χ0) is 24.1. The third kappa shape index (κ3) is 6.93. The number of Topliss-reactive ketones (excluding diaryl/α,β-unsaturated/α-hetero) is 1. The first-order chi connectivity index (χ1) is 16.4. The number of carbonyl (C=O) groups excluding carboxylic acids is 3. The van der Waals surface area contributed by atoms with Crippen LogP contribution in [0.4, 0.5) is 8.78 Å². The van der Waals surface area contributed by atoms with E-state index >= 15 is 0 Å². The molecule has 0 saturated carbocycles. The second kappa shape index (κ2) is 12.3. The average molecular weight is 506 g/mol. The topological polar surface area (TPSA) is 60.9 Å². The minimum absolute atomic E-state index is 0. The normalized spacial score (nSPS) is 17.9. The molecule has 0 aliphatic carbocycles. The first-order valence-corrected chi connectivity index (χ1v) is 11.7. The minimum atomic E-state index is -0.352. The molecule has 0 bridgehead atoms. The molecule has 2 saturated heterocycles. The van der Waals surface area contributed by atoms with Crippen molar-refractivity contribution >= 4 is 30.0 Å². The van der Waals surface area contributed by atoms with Crippen molar-refractivity contribution in [3.05, 3.63) is 71.3 Å². The van der Waals surface area contributed by atoms with Crippen LogP contribution in [0.5, 0.6) is 0 Å². The van der Waals surface area contributed by atoms with E-state index in [0.29, 0.717) is 24.1 Å². The van der Waals surface area contributed by atoms with E-state index in [2.05, 4.69) is 4.90 Å². The first-order valence-electron chi connectivity index (χ1n) is 11.7. The Morgan fingerprint density at radius 1 is 0.857 bits per heavy atom. The fraction of sp³-hybridized carbons (Fsp3) is 0.423. The predicted molar refractivity (Wildman–Crippen MR) is 130 cm³/mol. The van der Waals surface area contributed by atoms with Gasteiger partial charge in [0.05, 0.1) is 13.1 Å². The molecule has 6 nitrogen and oxygen atoms in total. The number of nitrogens with zero attached hydrogens (tertiary/aromatic N) is 3. The van der Waals surface area contributed by atoms with Crippen LogP contribution in [0.2, 0.25) is 0 Å². The summed E-state index contributed by atoms with van der Waals surface area (Å²) in [6.45, 7) is 3.07. The number of piperidine rings is 1. The molecule has 0 radical (unpaired) electrons. The van der Waals surface area contributed by atoms with Gasteiger partial charge < -0.3 is 4.90 Å². The fourth-order valence-electron chi connectivity index (χ4n) is 4.70. The highest BCUT2D eigenvalue weighted by molar-refractivity contribution is 5.99. The number of rotatable bonds is 8. The summed E-state index contributed by atoms with van der Waals surface area (Å²) in [7, 11) is 0. The molecular weight excluding hydrogens is 476 g/mol. The van der Waals surface area contributed by atoms with Gasteiger partial charge in [0, 0.05) is 30.1 Å². The van der Waals surface area contributed by atoms with Crippen LogP contribution in [-0.4, -0.2) is 71.6 Å². The Kier molecular flexibility index (Phi) is 9.48. The Morgan fingerprint density at radius 3 is 2.11 bits per heavy atom. The summed E-state index contributed by atoms with van der Waals surface area (Å²) in [5.41, 5.74) is 1.02. The van der Waals surface area contributed by atoms with Crippen LogP contribution in [0, 0.1) is 17.6 Å². The zero-order valence-electron chi connectivity index (χ0n) is 19.5. The Morgan fingerprint density at radius 2 is 1.49 bits per heavy atom. The molecule has 9 heteroatoms. The molecule has 0 spiro atoms. The van der Waals surface area contributed by atoms with Gasteiger partial charge in [0.25, 0.3) is 0 Å². The monoisotopic (exact) mass is 505 g/mol. The molecule has 2 aliphatic heterocycles. The van der Waals surface area contributed by atoms with Crippen molar-refractivity contribution in [3.8, 4) is 0 Å². The Labute approximate surface area is 210 Å². The van der Waals surface area contributed by atoms with Crippen LogP contribution >= 0.6 is 12.4 Å². The Balaban J connectivity index is 0.00000342. The third-order valence-electron chi connectivity index (χ3n) is 6.61. The fourth-order valence-corrected chi connectivity index (χ4v) is 4.70. The number of carbonyl (C=O) groups is 3. The van der Waals surface area contributed by atoms with Gasteiger partial charge in [0.15, 0.2) is 5.78 Å². The van der Waals surface area contributed by atoms with Gasteiger partial charge in [-0.2, -0.15) is 0 Å². The van der Waals surface area contributed by atoms with Gasteiger partial charge in [-0.1, -0.05) is 18.2 Å². The molecule has 2 aromatic carbocycles. The molecule has 0 atom stereocenters. The first kappa shape index (κ1) is 26.9. The van der Waals surface area contributed by atoms with E-state index in [-0.39, 0.29) is 67.2 Å². The second-order valence-corrected chi connectivity index (χ2v) is 9.02. The summed E-state index contributed by atoms with van der Waals surface area (Å²) >= 11 is 0. The van der Waals surface area contributed by atoms with Gasteiger partial charge in [0.1, 0.15) is 11.6 Å². The van der Waals surface area contributed by atoms with Crippen LogP contribution in [0.3, 0.4) is 0 Å². The van der Waals surface area contributed by atoms with Crippen LogP contribution in [0.25, 0.3) is 0 Å². The largest absolute Gasteiger partial charge is 0.303 e. The highest BCUT2D eigenvalue weighted by Gasteiger charge is 2.31. The summed E-state index contributed by atoms with van der Waals surface area (Å²) in [6, 6.07) is 12.1. The molecule has 2 amide bonds. The number of ketones is 1. The molecule has 2 fully saturated rings. The van der Waals surface area contributed by atoms with Gasteiger partial charge in [-0.15, -0.1) is 12.4 Å². The van der Waals surface area contributed by atoms with Crippen LogP contribution in [0.1, 0.15) is 35.2 Å². The van der Waals surface area contributed by atoms with Crippen molar-refractivity contribution in [1.29, 1.82) is 0 Å². The van der Waals surface area contributed by atoms with E-state index in [1.807, 2.05) is 0 Å². The van der Waals surface area contributed by atoms with E-state index in [0.717, 1.165) is 32.5 Å². The quantitative estimate of drug-likeness (QED) is 0.406. The molecule has 35 heavy (non-hydrogen) atoms. The Bertz CT molecular complexity index is 1020. The smallest absolute Gasteiger partial charge is 0.243 e. The average Bonchev–Trinajstić information content (AvgIpc) is 2.83. The minimum Gasteiger partial charge on any atom is -0.303 e. The molecular formula is C26H30ClF2N3O3. The van der Waals surface area contributed by atoms with Crippen molar-refractivity contribution in [2.75, 3.05) is 39.3 Å². The van der Waals surface area contributed by atoms with Crippen molar-refractivity contribution in [2.45, 2.75) is 25.8 Å². The molecule has 188 valence electrons. The van der Waals surface area contributed by atoms with Crippen molar-refractivity contribution in [3.63, 3.8) is 0 Å². The zero-order valence-corrected chi connectivity index (χ0v) is 20.3. The predicted octanol–water partition coefficient (Wildman–Crippen LogP) is 3.54. The molecule has 0 aromatic heterocycles. The Hall–Kier alpha value is -2.68. The number of hydrogen-bond acceptors (Lipinski definition) is 5. The maximum Gasteiger partial charge on any atom is 0.243 e. The number of benzene rings is 2. The number of likely N-dealkylation sites (tertiary alicyclic amines) is 1. The van der Waals surface area contributed by atoms with Crippen molar-refractivity contribution in [2.24, 2.45) is 5.92 Å². The lowest BCUT2D eigenvalue weighted by Gasteiger charge is -2.34. The van der Waals surface area contributed by atoms with Crippen molar-refractivity contribution < 1.29 is 23.2 Å². The second-order valence-electron chi connectivity index (χ2n) is 9.02. The van der Waals surface area contributed by atoms with Gasteiger partial charge in [-0.3, -0.25) is 24.2 Å². The van der Waals surface area contributed by atoms with Gasteiger partial charge in [0.2, 0.25) is 11.8 Å². The molecule has 2 aromatic rings. The van der Waals surface area contributed by atoms with E-state index in [1.54, 1.807) is 23.1 Å². The maximum absolute atomic E-state index is 13.9. The van der Waals surface area contributed by atoms with E-state index in [1.165, 1.54) is 35.2 Å². The number of hydrogen-bond donors (Lipinski definition) is 0. The van der Waals surface area contributed by atoms with Crippen LogP contribution in [-0.2, 0) is 16.1 Å². The van der Waals surface area contributed by atoms with Crippen LogP contribution < -0.4 is 0 Å². The summed E-state index contributed by atoms with van der Waals surface area (Å²) in [4.78, 5) is 42.9. The molecule has 4 rings (SSSR count). The van der Waals surface area contributed by atoms with Crippen LogP contribution in [0.15, 0.2) is 48.5 Å². The van der Waals surface area contributed by atoms with Crippen molar-refractivity contribution in [1.82, 2.24) is 14.7 Å². The summed E-state index contributed by atoms with van der Waals surface area (Å²) in [5, 5.41) is 0. The summed E-state index contributed by atoms with van der Waals surface area (Å²) in [6.07, 6.45) is 2.15. The van der Waals surface area contributed by atoms with E-state index in [4.69, 9.17) is 0 Å².